The molecule has 0 aliphatic rings. The summed E-state index contributed by atoms with van der Waals surface area (Å²) in [6.07, 6.45) is 0. The van der Waals surface area contributed by atoms with Crippen LogP contribution in [0.15, 0.2) is 42.5 Å². The van der Waals surface area contributed by atoms with Gasteiger partial charge in [0.2, 0.25) is 0 Å². The second kappa shape index (κ2) is 5.19. The number of nitrogen functional groups attached to an aromatic ring is 1. The molecule has 0 saturated carbocycles. The first-order valence-electron chi connectivity index (χ1n) is 5.47. The average Bonchev–Trinajstić information content (AvgIpc) is 2.39. The number of nitrogens with one attached hydrogen (secondary N) is 1. The molecule has 0 atom stereocenters. The van der Waals surface area contributed by atoms with Gasteiger partial charge in [-0.2, -0.15) is 5.26 Å². The van der Waals surface area contributed by atoms with E-state index in [1.54, 1.807) is 30.3 Å². The summed E-state index contributed by atoms with van der Waals surface area (Å²) in [6, 6.07) is 13.4. The van der Waals surface area contributed by atoms with Crippen LogP contribution in [0.25, 0.3) is 0 Å². The minimum Gasteiger partial charge on any atom is -0.397 e. The van der Waals surface area contributed by atoms with E-state index < -0.39 is 0 Å². The first kappa shape index (κ1) is 11.9. The third-order valence-corrected chi connectivity index (χ3v) is 2.58. The number of nitrogens with zero attached hydrogens (tertiary/aromatic N) is 1. The van der Waals surface area contributed by atoms with Crippen LogP contribution in [-0.2, 0) is 6.54 Å². The van der Waals surface area contributed by atoms with E-state index in [1.165, 1.54) is 12.1 Å². The molecular weight excluding hydrogens is 229 g/mol. The molecule has 2 aromatic carbocycles. The van der Waals surface area contributed by atoms with Crippen molar-refractivity contribution in [2.45, 2.75) is 6.54 Å². The Bertz CT molecular complexity index is 585. The summed E-state index contributed by atoms with van der Waals surface area (Å²) in [7, 11) is 0. The molecular formula is C14H12FN3. The van der Waals surface area contributed by atoms with Crippen molar-refractivity contribution in [3.05, 3.63) is 59.4 Å². The highest BCUT2D eigenvalue weighted by molar-refractivity contribution is 5.68. The van der Waals surface area contributed by atoms with Crippen LogP contribution in [0.2, 0.25) is 0 Å². The van der Waals surface area contributed by atoms with E-state index >= 15 is 0 Å². The van der Waals surface area contributed by atoms with Gasteiger partial charge in [-0.3, -0.25) is 0 Å². The summed E-state index contributed by atoms with van der Waals surface area (Å²) in [4.78, 5) is 0. The zero-order valence-electron chi connectivity index (χ0n) is 9.65. The molecule has 0 aliphatic carbocycles. The van der Waals surface area contributed by atoms with Crippen LogP contribution >= 0.6 is 0 Å². The Morgan fingerprint density at radius 2 is 1.89 bits per heavy atom. The van der Waals surface area contributed by atoms with E-state index in [1.807, 2.05) is 6.07 Å². The number of nitriles is 1. The fraction of sp³-hybridized carbons (Fsp3) is 0.0714. The van der Waals surface area contributed by atoms with Crippen LogP contribution in [0.1, 0.15) is 11.1 Å². The number of hydrogen-bond donors (Lipinski definition) is 2. The molecule has 2 rings (SSSR count). The lowest BCUT2D eigenvalue weighted by Gasteiger charge is -2.09. The van der Waals surface area contributed by atoms with Crippen LogP contribution in [0.4, 0.5) is 15.8 Å². The Labute approximate surface area is 105 Å². The highest BCUT2D eigenvalue weighted by atomic mass is 19.1. The molecule has 18 heavy (non-hydrogen) atoms. The molecule has 0 fully saturated rings. The third kappa shape index (κ3) is 2.77. The van der Waals surface area contributed by atoms with E-state index in [0.717, 1.165) is 11.3 Å². The van der Waals surface area contributed by atoms with E-state index in [4.69, 9.17) is 11.0 Å². The minimum absolute atomic E-state index is 0.253. The lowest BCUT2D eigenvalue weighted by Crippen LogP contribution is -2.02. The molecule has 0 radical (unpaired) electrons. The first-order valence-corrected chi connectivity index (χ1v) is 5.47. The van der Waals surface area contributed by atoms with Crippen LogP contribution in [-0.4, -0.2) is 0 Å². The average molecular weight is 241 g/mol. The Morgan fingerprint density at radius 3 is 2.50 bits per heavy atom. The van der Waals surface area contributed by atoms with Crippen LogP contribution < -0.4 is 11.1 Å². The molecule has 0 unspecified atom stereocenters. The molecule has 0 aromatic heterocycles. The van der Waals surface area contributed by atoms with Crippen molar-refractivity contribution in [2.75, 3.05) is 11.1 Å². The fourth-order valence-electron chi connectivity index (χ4n) is 1.59. The standard InChI is InChI=1S/C14H12FN3/c15-12-4-1-10(2-5-12)9-18-14-6-3-11(8-16)7-13(14)17/h1-7,18H,9,17H2. The monoisotopic (exact) mass is 241 g/mol. The maximum atomic E-state index is 12.7. The Hall–Kier alpha value is -2.54. The number of benzene rings is 2. The molecule has 0 heterocycles. The maximum Gasteiger partial charge on any atom is 0.123 e. The highest BCUT2D eigenvalue weighted by Crippen LogP contribution is 2.20. The number of nitrogens with two attached hydrogens (primary N) is 1. The predicted molar refractivity (Wildman–Crippen MR) is 69.3 cm³/mol. The first-order chi connectivity index (χ1) is 8.69. The summed E-state index contributed by atoms with van der Waals surface area (Å²) >= 11 is 0. The second-order valence-corrected chi connectivity index (χ2v) is 3.89. The van der Waals surface area contributed by atoms with E-state index in [9.17, 15) is 4.39 Å². The van der Waals surface area contributed by atoms with E-state index in [2.05, 4.69) is 5.32 Å². The molecule has 2 aromatic rings. The van der Waals surface area contributed by atoms with Gasteiger partial charge in [-0.15, -0.1) is 0 Å². The van der Waals surface area contributed by atoms with Crippen molar-refractivity contribution in [3.8, 4) is 6.07 Å². The zero-order chi connectivity index (χ0) is 13.0. The molecule has 0 amide bonds. The second-order valence-electron chi connectivity index (χ2n) is 3.89. The van der Waals surface area contributed by atoms with Gasteiger partial charge in [0.05, 0.1) is 23.0 Å². The van der Waals surface area contributed by atoms with Gasteiger partial charge in [0.25, 0.3) is 0 Å². The molecule has 0 aliphatic heterocycles. The fourth-order valence-corrected chi connectivity index (χ4v) is 1.59. The van der Waals surface area contributed by atoms with Gasteiger partial charge in [0, 0.05) is 6.54 Å². The van der Waals surface area contributed by atoms with Crippen LogP contribution in [0.3, 0.4) is 0 Å². The number of hydrogen-bond acceptors (Lipinski definition) is 3. The Morgan fingerprint density at radius 1 is 1.17 bits per heavy atom. The zero-order valence-corrected chi connectivity index (χ0v) is 9.65. The van der Waals surface area contributed by atoms with Gasteiger partial charge in [-0.1, -0.05) is 12.1 Å². The number of rotatable bonds is 3. The molecule has 90 valence electrons. The van der Waals surface area contributed by atoms with Crippen molar-refractivity contribution in [2.24, 2.45) is 0 Å². The molecule has 3 N–H and O–H groups in total. The summed E-state index contributed by atoms with van der Waals surface area (Å²) in [5.41, 5.74) is 8.58. The number of anilines is 2. The van der Waals surface area contributed by atoms with Gasteiger partial charge in [0.15, 0.2) is 0 Å². The van der Waals surface area contributed by atoms with E-state index in [0.29, 0.717) is 17.8 Å². The summed E-state index contributed by atoms with van der Waals surface area (Å²) in [5.74, 6) is -0.253. The highest BCUT2D eigenvalue weighted by Gasteiger charge is 2.00. The maximum absolute atomic E-state index is 12.7. The van der Waals surface area contributed by atoms with Crippen molar-refractivity contribution in [1.29, 1.82) is 5.26 Å². The quantitative estimate of drug-likeness (QED) is 0.812. The molecule has 0 spiro atoms. The molecule has 3 nitrogen and oxygen atoms in total. The SMILES string of the molecule is N#Cc1ccc(NCc2ccc(F)cc2)c(N)c1. The molecule has 0 saturated heterocycles. The topological polar surface area (TPSA) is 61.8 Å². The van der Waals surface area contributed by atoms with Gasteiger partial charge < -0.3 is 11.1 Å². The Kier molecular flexibility index (Phi) is 3.44. The lowest BCUT2D eigenvalue weighted by molar-refractivity contribution is 0.627. The summed E-state index contributed by atoms with van der Waals surface area (Å²) < 4.78 is 12.7. The van der Waals surface area contributed by atoms with Crippen LogP contribution in [0.5, 0.6) is 0 Å². The van der Waals surface area contributed by atoms with Crippen molar-refractivity contribution in [1.82, 2.24) is 0 Å². The Balaban J connectivity index is 2.06. The van der Waals surface area contributed by atoms with Crippen molar-refractivity contribution < 1.29 is 4.39 Å². The van der Waals surface area contributed by atoms with Gasteiger partial charge in [-0.25, -0.2) is 4.39 Å². The third-order valence-electron chi connectivity index (χ3n) is 2.58. The largest absolute Gasteiger partial charge is 0.397 e. The van der Waals surface area contributed by atoms with Gasteiger partial charge in [0.1, 0.15) is 5.82 Å². The molecule has 0 bridgehead atoms. The molecule has 4 heteroatoms. The van der Waals surface area contributed by atoms with Crippen molar-refractivity contribution in [3.63, 3.8) is 0 Å². The summed E-state index contributed by atoms with van der Waals surface area (Å²) in [6.45, 7) is 0.552. The minimum atomic E-state index is -0.253. The van der Waals surface area contributed by atoms with E-state index in [-0.39, 0.29) is 5.82 Å². The smallest absolute Gasteiger partial charge is 0.123 e. The van der Waals surface area contributed by atoms with Gasteiger partial charge >= 0.3 is 0 Å². The predicted octanol–water partition coefficient (Wildman–Crippen LogP) is 2.89. The van der Waals surface area contributed by atoms with Gasteiger partial charge in [-0.05, 0) is 35.9 Å². The normalized spacial score (nSPS) is 9.78. The summed E-state index contributed by atoms with van der Waals surface area (Å²) in [5, 5.41) is 11.9. The van der Waals surface area contributed by atoms with Crippen LogP contribution in [0, 0.1) is 17.1 Å². The van der Waals surface area contributed by atoms with Crippen molar-refractivity contribution >= 4 is 11.4 Å². The number of halogens is 1. The lowest BCUT2D eigenvalue weighted by atomic mass is 10.1.